The van der Waals surface area contributed by atoms with Gasteiger partial charge in [0, 0.05) is 6.54 Å². The summed E-state index contributed by atoms with van der Waals surface area (Å²) >= 11 is 0. The average molecular weight is 129 g/mol. The zero-order valence-corrected chi connectivity index (χ0v) is 7.36. The summed E-state index contributed by atoms with van der Waals surface area (Å²) in [6.45, 7) is 11.3. The molecule has 0 aliphatic rings. The summed E-state index contributed by atoms with van der Waals surface area (Å²) in [5, 5.41) is 0. The largest absolute Gasteiger partial charge is 0.306 e. The van der Waals surface area contributed by atoms with Gasteiger partial charge in [-0.15, -0.1) is 0 Å². The molecule has 0 N–H and O–H groups in total. The minimum atomic E-state index is 0.449. The Kier molecular flexibility index (Phi) is 3.20. The van der Waals surface area contributed by atoms with Gasteiger partial charge >= 0.3 is 0 Å². The Hall–Kier alpha value is -0.0400. The van der Waals surface area contributed by atoms with Gasteiger partial charge in [0.15, 0.2) is 0 Å². The quantitative estimate of drug-likeness (QED) is 0.551. The van der Waals surface area contributed by atoms with E-state index in [1.807, 2.05) is 0 Å². The molecule has 0 aliphatic heterocycles. The number of nitrogens with zero attached hydrogens (tertiary/aromatic N) is 1. The highest BCUT2D eigenvalue weighted by Crippen LogP contribution is 2.13. The van der Waals surface area contributed by atoms with Crippen LogP contribution >= 0.6 is 0 Å². The highest BCUT2D eigenvalue weighted by Gasteiger charge is 2.11. The van der Waals surface area contributed by atoms with Crippen molar-refractivity contribution in [2.24, 2.45) is 5.41 Å². The minimum absolute atomic E-state index is 0.449. The molecule has 0 aromatic carbocycles. The van der Waals surface area contributed by atoms with Crippen molar-refractivity contribution in [3.63, 3.8) is 0 Å². The molecule has 0 saturated heterocycles. The first-order chi connectivity index (χ1) is 3.95. The second kappa shape index (κ2) is 3.21. The second-order valence-corrected chi connectivity index (χ2v) is 3.89. The van der Waals surface area contributed by atoms with Crippen LogP contribution in [0.2, 0.25) is 0 Å². The lowest BCUT2D eigenvalue weighted by Crippen LogP contribution is -2.28. The standard InChI is InChI=1S/C8H19N/c1-6-9(5)7-8(2,3)4/h6-7H2,1-5H3. The monoisotopic (exact) mass is 129 g/mol. The SMILES string of the molecule is CCN(C)CC(C)(C)C. The lowest BCUT2D eigenvalue weighted by molar-refractivity contribution is 0.236. The van der Waals surface area contributed by atoms with E-state index in [-0.39, 0.29) is 0 Å². The van der Waals surface area contributed by atoms with Crippen LogP contribution in [0.15, 0.2) is 0 Å². The summed E-state index contributed by atoms with van der Waals surface area (Å²) in [6, 6.07) is 0. The normalized spacial score (nSPS) is 12.7. The predicted molar refractivity (Wildman–Crippen MR) is 42.6 cm³/mol. The van der Waals surface area contributed by atoms with Crippen molar-refractivity contribution < 1.29 is 0 Å². The van der Waals surface area contributed by atoms with Gasteiger partial charge in [-0.05, 0) is 19.0 Å². The molecule has 0 fully saturated rings. The van der Waals surface area contributed by atoms with E-state index in [0.29, 0.717) is 5.41 Å². The van der Waals surface area contributed by atoms with E-state index in [9.17, 15) is 0 Å². The van der Waals surface area contributed by atoms with Crippen molar-refractivity contribution in [3.05, 3.63) is 0 Å². The second-order valence-electron chi connectivity index (χ2n) is 3.89. The van der Waals surface area contributed by atoms with Gasteiger partial charge in [0.2, 0.25) is 0 Å². The number of hydrogen-bond donors (Lipinski definition) is 0. The van der Waals surface area contributed by atoms with Gasteiger partial charge in [-0.2, -0.15) is 0 Å². The molecule has 1 heteroatoms. The van der Waals surface area contributed by atoms with Crippen LogP contribution < -0.4 is 0 Å². The Labute approximate surface area is 59.1 Å². The highest BCUT2D eigenvalue weighted by molar-refractivity contribution is 4.64. The van der Waals surface area contributed by atoms with Crippen LogP contribution in [0.1, 0.15) is 27.7 Å². The first kappa shape index (κ1) is 8.96. The van der Waals surface area contributed by atoms with Crippen LogP contribution in [0, 0.1) is 5.41 Å². The Balaban J connectivity index is 3.47. The Morgan fingerprint density at radius 1 is 1.22 bits per heavy atom. The Bertz CT molecular complexity index is 71.1. The third-order valence-electron chi connectivity index (χ3n) is 1.28. The molecule has 56 valence electrons. The average Bonchev–Trinajstić information content (AvgIpc) is 1.62. The van der Waals surface area contributed by atoms with E-state index in [4.69, 9.17) is 0 Å². The molecule has 0 spiro atoms. The summed E-state index contributed by atoms with van der Waals surface area (Å²) < 4.78 is 0. The molecule has 0 aromatic rings. The van der Waals surface area contributed by atoms with E-state index in [1.54, 1.807) is 0 Å². The summed E-state index contributed by atoms with van der Waals surface area (Å²) in [5.74, 6) is 0. The van der Waals surface area contributed by atoms with E-state index in [2.05, 4.69) is 39.6 Å². The van der Waals surface area contributed by atoms with Gasteiger partial charge < -0.3 is 4.90 Å². The number of hydrogen-bond acceptors (Lipinski definition) is 1. The van der Waals surface area contributed by atoms with Crippen LogP contribution in [-0.4, -0.2) is 25.0 Å². The fourth-order valence-corrected chi connectivity index (χ4v) is 0.922. The lowest BCUT2D eigenvalue weighted by Gasteiger charge is -2.25. The maximum Gasteiger partial charge on any atom is 0.00269 e. The maximum absolute atomic E-state index is 2.33. The summed E-state index contributed by atoms with van der Waals surface area (Å²) in [5.41, 5.74) is 0.449. The third kappa shape index (κ3) is 5.84. The molecule has 0 amide bonds. The van der Waals surface area contributed by atoms with Crippen molar-refractivity contribution in [1.29, 1.82) is 0 Å². The summed E-state index contributed by atoms with van der Waals surface area (Å²) in [4.78, 5) is 2.33. The van der Waals surface area contributed by atoms with Crippen LogP contribution in [-0.2, 0) is 0 Å². The molecule has 0 atom stereocenters. The predicted octanol–water partition coefficient (Wildman–Crippen LogP) is 1.98. The molecular weight excluding hydrogens is 110 g/mol. The van der Waals surface area contributed by atoms with Crippen LogP contribution in [0.25, 0.3) is 0 Å². The molecule has 0 saturated carbocycles. The van der Waals surface area contributed by atoms with Crippen LogP contribution in [0.3, 0.4) is 0 Å². The molecule has 0 bridgehead atoms. The minimum Gasteiger partial charge on any atom is -0.306 e. The van der Waals surface area contributed by atoms with Gasteiger partial charge in [-0.1, -0.05) is 27.7 Å². The van der Waals surface area contributed by atoms with Crippen molar-refractivity contribution in [2.45, 2.75) is 27.7 Å². The van der Waals surface area contributed by atoms with Gasteiger partial charge in [0.1, 0.15) is 0 Å². The summed E-state index contributed by atoms with van der Waals surface area (Å²) in [6.07, 6.45) is 0. The molecule has 1 nitrogen and oxygen atoms in total. The molecule has 9 heavy (non-hydrogen) atoms. The van der Waals surface area contributed by atoms with Crippen molar-refractivity contribution in [2.75, 3.05) is 20.1 Å². The molecule has 0 unspecified atom stereocenters. The van der Waals surface area contributed by atoms with Gasteiger partial charge in [0.25, 0.3) is 0 Å². The van der Waals surface area contributed by atoms with Gasteiger partial charge in [-0.3, -0.25) is 0 Å². The first-order valence-electron chi connectivity index (χ1n) is 3.64. The lowest BCUT2D eigenvalue weighted by atomic mass is 9.96. The van der Waals surface area contributed by atoms with Crippen molar-refractivity contribution in [3.8, 4) is 0 Å². The number of rotatable bonds is 2. The van der Waals surface area contributed by atoms with Crippen LogP contribution in [0.4, 0.5) is 0 Å². The van der Waals surface area contributed by atoms with Crippen LogP contribution in [0.5, 0.6) is 0 Å². The van der Waals surface area contributed by atoms with Crippen molar-refractivity contribution >= 4 is 0 Å². The fourth-order valence-electron chi connectivity index (χ4n) is 0.922. The Morgan fingerprint density at radius 2 is 1.67 bits per heavy atom. The maximum atomic E-state index is 2.33. The molecular formula is C8H19N. The van der Waals surface area contributed by atoms with E-state index in [0.717, 1.165) is 6.54 Å². The fraction of sp³-hybridized carbons (Fsp3) is 1.00. The van der Waals surface area contributed by atoms with Gasteiger partial charge in [-0.25, -0.2) is 0 Å². The van der Waals surface area contributed by atoms with Crippen molar-refractivity contribution in [1.82, 2.24) is 4.90 Å². The smallest absolute Gasteiger partial charge is 0.00269 e. The third-order valence-corrected chi connectivity index (χ3v) is 1.28. The molecule has 0 aromatic heterocycles. The van der Waals surface area contributed by atoms with Gasteiger partial charge in [0.05, 0.1) is 0 Å². The molecule has 0 radical (unpaired) electrons. The van der Waals surface area contributed by atoms with E-state index in [1.165, 1.54) is 6.54 Å². The highest BCUT2D eigenvalue weighted by atomic mass is 15.1. The molecule has 0 rings (SSSR count). The molecule has 0 aliphatic carbocycles. The molecule has 0 heterocycles. The summed E-state index contributed by atoms with van der Waals surface area (Å²) in [7, 11) is 2.16. The Morgan fingerprint density at radius 3 is 1.78 bits per heavy atom. The zero-order chi connectivity index (χ0) is 7.49. The first-order valence-corrected chi connectivity index (χ1v) is 3.64. The topological polar surface area (TPSA) is 3.24 Å². The zero-order valence-electron chi connectivity index (χ0n) is 7.36. The van der Waals surface area contributed by atoms with E-state index >= 15 is 0 Å². The van der Waals surface area contributed by atoms with E-state index < -0.39 is 0 Å².